The summed E-state index contributed by atoms with van der Waals surface area (Å²) in [6.07, 6.45) is 3.19. The molecule has 4 aromatic rings. The quantitative estimate of drug-likeness (QED) is 0.277. The Hall–Kier alpha value is -3.47. The largest absolute Gasteiger partial charge is 0.302 e. The van der Waals surface area contributed by atoms with Gasteiger partial charge in [-0.25, -0.2) is 9.97 Å². The van der Waals surface area contributed by atoms with Crippen LogP contribution >= 0.6 is 23.1 Å². The fourth-order valence-corrected chi connectivity index (χ4v) is 6.11. The SMILES string of the molecule is Cc1ccc(-c2csc(NC(=O)CCSc3nc4c(cc3C#N)CC(c3ccccc3)CC4)n2)cc1. The third-order valence-corrected chi connectivity index (χ3v) is 8.16. The van der Waals surface area contributed by atoms with Gasteiger partial charge in [-0.05, 0) is 49.3 Å². The number of benzene rings is 2. The number of hydrogen-bond donors (Lipinski definition) is 1. The molecule has 0 aliphatic heterocycles. The van der Waals surface area contributed by atoms with Crippen molar-refractivity contribution >= 4 is 34.1 Å². The van der Waals surface area contributed by atoms with Crippen LogP contribution in [0, 0.1) is 18.3 Å². The molecule has 5 rings (SSSR count). The summed E-state index contributed by atoms with van der Waals surface area (Å²) in [7, 11) is 0. The van der Waals surface area contributed by atoms with E-state index in [2.05, 4.69) is 59.7 Å². The predicted octanol–water partition coefficient (Wildman–Crippen LogP) is 6.78. The van der Waals surface area contributed by atoms with Crippen LogP contribution in [0.25, 0.3) is 11.3 Å². The summed E-state index contributed by atoms with van der Waals surface area (Å²) in [4.78, 5) is 21.9. The number of pyridine rings is 1. The van der Waals surface area contributed by atoms with E-state index >= 15 is 0 Å². The summed E-state index contributed by atoms with van der Waals surface area (Å²) in [6.45, 7) is 2.05. The maximum Gasteiger partial charge on any atom is 0.226 e. The number of anilines is 1. The number of aromatic nitrogens is 2. The van der Waals surface area contributed by atoms with E-state index in [-0.39, 0.29) is 5.91 Å². The van der Waals surface area contributed by atoms with Crippen LogP contribution in [0.1, 0.15) is 46.7 Å². The Kier molecular flexibility index (Phi) is 7.45. The van der Waals surface area contributed by atoms with Gasteiger partial charge in [-0.2, -0.15) is 5.26 Å². The zero-order chi connectivity index (χ0) is 24.9. The fourth-order valence-electron chi connectivity index (χ4n) is 4.46. The van der Waals surface area contributed by atoms with Gasteiger partial charge in [0.1, 0.15) is 11.1 Å². The minimum absolute atomic E-state index is 0.0884. The smallest absolute Gasteiger partial charge is 0.226 e. The van der Waals surface area contributed by atoms with Gasteiger partial charge in [0.25, 0.3) is 0 Å². The maximum atomic E-state index is 12.5. The number of nitrogens with zero attached hydrogens (tertiary/aromatic N) is 3. The zero-order valence-electron chi connectivity index (χ0n) is 20.0. The van der Waals surface area contributed by atoms with Crippen LogP contribution in [-0.2, 0) is 17.6 Å². The van der Waals surface area contributed by atoms with Crippen LogP contribution in [0.5, 0.6) is 0 Å². The standard InChI is InChI=1S/C29H26N4OS2/c1-19-7-9-21(10-8-19)26-18-36-29(32-26)33-27(34)13-14-35-28-24(17-30)16-23-15-22(11-12-25(23)31-28)20-5-3-2-4-6-20/h2-10,16,18,22H,11-15H2,1H3,(H,32,33,34). The molecular formula is C29H26N4OS2. The summed E-state index contributed by atoms with van der Waals surface area (Å²) in [5.74, 6) is 0.927. The Morgan fingerprint density at radius 1 is 1.17 bits per heavy atom. The van der Waals surface area contributed by atoms with Gasteiger partial charge in [0.15, 0.2) is 5.13 Å². The Bertz CT molecular complexity index is 1410. The summed E-state index contributed by atoms with van der Waals surface area (Å²) < 4.78 is 0. The Morgan fingerprint density at radius 3 is 2.75 bits per heavy atom. The summed E-state index contributed by atoms with van der Waals surface area (Å²) in [6, 6.07) is 23.0. The van der Waals surface area contributed by atoms with E-state index < -0.39 is 0 Å². The van der Waals surface area contributed by atoms with E-state index in [0.717, 1.165) is 41.2 Å². The van der Waals surface area contributed by atoms with Gasteiger partial charge in [-0.1, -0.05) is 60.2 Å². The lowest BCUT2D eigenvalue weighted by molar-refractivity contribution is -0.115. The number of carbonyl (C=O) groups is 1. The van der Waals surface area contributed by atoms with E-state index in [1.54, 1.807) is 0 Å². The molecule has 2 heterocycles. The van der Waals surface area contributed by atoms with Gasteiger partial charge < -0.3 is 5.32 Å². The number of amides is 1. The maximum absolute atomic E-state index is 12.5. The predicted molar refractivity (Wildman–Crippen MR) is 146 cm³/mol. The monoisotopic (exact) mass is 510 g/mol. The number of hydrogen-bond acceptors (Lipinski definition) is 6. The first-order valence-corrected chi connectivity index (χ1v) is 13.9. The van der Waals surface area contributed by atoms with Crippen molar-refractivity contribution in [3.63, 3.8) is 0 Å². The first-order chi connectivity index (χ1) is 17.6. The Morgan fingerprint density at radius 2 is 1.97 bits per heavy atom. The van der Waals surface area contributed by atoms with Crippen LogP contribution in [-0.4, -0.2) is 21.6 Å². The molecule has 1 aliphatic carbocycles. The van der Waals surface area contributed by atoms with Gasteiger partial charge >= 0.3 is 0 Å². The molecule has 0 spiro atoms. The molecule has 1 N–H and O–H groups in total. The zero-order valence-corrected chi connectivity index (χ0v) is 21.7. The van der Waals surface area contributed by atoms with E-state index in [0.29, 0.717) is 28.8 Å². The number of nitriles is 1. The molecule has 5 nitrogen and oxygen atoms in total. The van der Waals surface area contributed by atoms with Gasteiger partial charge in [0, 0.05) is 28.8 Å². The van der Waals surface area contributed by atoms with Crippen LogP contribution in [0.4, 0.5) is 5.13 Å². The van der Waals surface area contributed by atoms with Crippen molar-refractivity contribution < 1.29 is 4.79 Å². The molecule has 0 bridgehead atoms. The van der Waals surface area contributed by atoms with Crippen molar-refractivity contribution in [1.82, 2.24) is 9.97 Å². The number of thioether (sulfide) groups is 1. The molecular weight excluding hydrogens is 484 g/mol. The Balaban J connectivity index is 1.17. The van der Waals surface area contributed by atoms with Gasteiger partial charge in [-0.3, -0.25) is 4.79 Å². The van der Waals surface area contributed by atoms with E-state index in [9.17, 15) is 10.1 Å². The lowest BCUT2D eigenvalue weighted by Crippen LogP contribution is -2.15. The second-order valence-corrected chi connectivity index (χ2v) is 10.9. The van der Waals surface area contributed by atoms with Gasteiger partial charge in [0.05, 0.1) is 11.3 Å². The number of rotatable bonds is 7. The normalized spacial score (nSPS) is 14.6. The minimum Gasteiger partial charge on any atom is -0.302 e. The highest BCUT2D eigenvalue weighted by Gasteiger charge is 2.23. The van der Waals surface area contributed by atoms with Crippen molar-refractivity contribution in [3.8, 4) is 17.3 Å². The molecule has 1 unspecified atom stereocenters. The average molecular weight is 511 g/mol. The second-order valence-electron chi connectivity index (χ2n) is 8.96. The van der Waals surface area contributed by atoms with E-state index in [1.807, 2.05) is 29.6 Å². The van der Waals surface area contributed by atoms with Crippen LogP contribution in [0.3, 0.4) is 0 Å². The van der Waals surface area contributed by atoms with Crippen LogP contribution in [0.2, 0.25) is 0 Å². The molecule has 0 radical (unpaired) electrons. The third kappa shape index (κ3) is 5.67. The summed E-state index contributed by atoms with van der Waals surface area (Å²) in [5, 5.41) is 15.9. The summed E-state index contributed by atoms with van der Waals surface area (Å²) in [5.41, 5.74) is 7.28. The minimum atomic E-state index is -0.0884. The highest BCUT2D eigenvalue weighted by molar-refractivity contribution is 7.99. The fraction of sp³-hybridized carbons (Fsp3) is 0.241. The van der Waals surface area contributed by atoms with Gasteiger partial charge in [0.2, 0.25) is 5.91 Å². The molecule has 7 heteroatoms. The summed E-state index contributed by atoms with van der Waals surface area (Å²) >= 11 is 2.89. The van der Waals surface area contributed by atoms with Crippen molar-refractivity contribution in [2.24, 2.45) is 0 Å². The van der Waals surface area contributed by atoms with E-state index in [1.165, 1.54) is 39.8 Å². The molecule has 1 atom stereocenters. The lowest BCUT2D eigenvalue weighted by Gasteiger charge is -2.25. The number of thiazole rings is 1. The molecule has 0 saturated carbocycles. The molecule has 180 valence electrons. The first-order valence-electron chi connectivity index (χ1n) is 12.0. The van der Waals surface area contributed by atoms with Crippen LogP contribution in [0.15, 0.2) is 71.1 Å². The van der Waals surface area contributed by atoms with Crippen molar-refractivity contribution in [3.05, 3.63) is 94.0 Å². The third-order valence-electron chi connectivity index (χ3n) is 6.41. The molecule has 2 aromatic carbocycles. The number of fused-ring (bicyclic) bond motifs is 1. The highest BCUT2D eigenvalue weighted by Crippen LogP contribution is 2.34. The Labute approximate surface area is 219 Å². The second kappa shape index (κ2) is 11.1. The van der Waals surface area contributed by atoms with Crippen molar-refractivity contribution in [1.29, 1.82) is 5.26 Å². The number of nitrogens with one attached hydrogen (secondary N) is 1. The highest BCUT2D eigenvalue weighted by atomic mass is 32.2. The number of carbonyl (C=O) groups excluding carboxylic acids is 1. The van der Waals surface area contributed by atoms with Crippen LogP contribution < -0.4 is 5.32 Å². The van der Waals surface area contributed by atoms with E-state index in [4.69, 9.17) is 4.98 Å². The molecule has 0 saturated heterocycles. The molecule has 1 aliphatic rings. The molecule has 36 heavy (non-hydrogen) atoms. The number of aryl methyl sites for hydroxylation is 2. The first kappa shape index (κ1) is 24.2. The van der Waals surface area contributed by atoms with Crippen molar-refractivity contribution in [2.75, 3.05) is 11.1 Å². The topological polar surface area (TPSA) is 78.7 Å². The lowest BCUT2D eigenvalue weighted by atomic mass is 9.82. The molecule has 1 amide bonds. The molecule has 0 fully saturated rings. The average Bonchev–Trinajstić information content (AvgIpc) is 3.37. The molecule has 2 aromatic heterocycles. The van der Waals surface area contributed by atoms with Crippen molar-refractivity contribution in [2.45, 2.75) is 43.6 Å². The van der Waals surface area contributed by atoms with Gasteiger partial charge in [-0.15, -0.1) is 23.1 Å².